The van der Waals surface area contributed by atoms with Gasteiger partial charge in [0.2, 0.25) is 0 Å². The van der Waals surface area contributed by atoms with Gasteiger partial charge in [-0.3, -0.25) is 9.11 Å². The van der Waals surface area contributed by atoms with Crippen LogP contribution in [0.3, 0.4) is 0 Å². The fourth-order valence-electron chi connectivity index (χ4n) is 2.65. The van der Waals surface area contributed by atoms with Crippen molar-refractivity contribution in [3.63, 3.8) is 0 Å². The first kappa shape index (κ1) is 11.6. The molecule has 0 spiro atoms. The molecule has 2 fully saturated rings. The molecule has 15 heavy (non-hydrogen) atoms. The summed E-state index contributed by atoms with van der Waals surface area (Å²) in [5, 5.41) is 0.242. The first-order chi connectivity index (χ1) is 7.00. The molecule has 0 aromatic rings. The molecule has 0 aliphatic carbocycles. The van der Waals surface area contributed by atoms with Crippen molar-refractivity contribution in [1.82, 2.24) is 4.90 Å². The number of ether oxygens (including phenoxy) is 1. The Balaban J connectivity index is 2.17. The minimum atomic E-state index is -0.679. The second-order valence-electron chi connectivity index (χ2n) is 5.42. The highest BCUT2D eigenvalue weighted by Crippen LogP contribution is 2.29. The van der Waals surface area contributed by atoms with E-state index in [0.717, 1.165) is 25.3 Å². The molecular formula is C11H21NO2S. The van der Waals surface area contributed by atoms with Gasteiger partial charge in [-0.15, -0.1) is 0 Å². The standard InChI is InChI=1S/C11H21NO2S/c1-11(2,3)12-5-7-15(13)10-8-14-6-4-9(10)12/h9-10H,4-8H2,1-3H3. The van der Waals surface area contributed by atoms with Crippen molar-refractivity contribution >= 4 is 10.8 Å². The molecule has 4 heteroatoms. The second kappa shape index (κ2) is 4.15. The smallest absolute Gasteiger partial charge is 0.0738 e. The Morgan fingerprint density at radius 2 is 2.13 bits per heavy atom. The van der Waals surface area contributed by atoms with E-state index < -0.39 is 10.8 Å². The zero-order chi connectivity index (χ0) is 11.1. The molecule has 88 valence electrons. The highest BCUT2D eigenvalue weighted by Gasteiger charge is 2.42. The van der Waals surface area contributed by atoms with Crippen LogP contribution in [0.5, 0.6) is 0 Å². The highest BCUT2D eigenvalue weighted by atomic mass is 32.2. The quantitative estimate of drug-likeness (QED) is 0.623. The van der Waals surface area contributed by atoms with Crippen LogP contribution in [-0.4, -0.2) is 51.5 Å². The van der Waals surface area contributed by atoms with Crippen LogP contribution in [0, 0.1) is 0 Å². The maximum atomic E-state index is 11.9. The number of hydrogen-bond donors (Lipinski definition) is 0. The van der Waals surface area contributed by atoms with Crippen molar-refractivity contribution in [2.75, 3.05) is 25.5 Å². The molecule has 0 bridgehead atoms. The maximum Gasteiger partial charge on any atom is 0.0738 e. The molecule has 2 rings (SSSR count). The molecule has 0 aromatic heterocycles. The molecule has 3 unspecified atom stereocenters. The van der Waals surface area contributed by atoms with E-state index in [-0.39, 0.29) is 10.8 Å². The molecule has 3 atom stereocenters. The van der Waals surface area contributed by atoms with Gasteiger partial charge in [0, 0.05) is 41.3 Å². The third-order valence-electron chi connectivity index (χ3n) is 3.40. The van der Waals surface area contributed by atoms with E-state index >= 15 is 0 Å². The van der Waals surface area contributed by atoms with Gasteiger partial charge in [0.05, 0.1) is 11.9 Å². The molecule has 2 heterocycles. The number of nitrogens with zero attached hydrogens (tertiary/aromatic N) is 1. The minimum Gasteiger partial charge on any atom is -0.380 e. The third kappa shape index (κ3) is 2.27. The Morgan fingerprint density at radius 3 is 2.80 bits per heavy atom. The van der Waals surface area contributed by atoms with E-state index in [1.165, 1.54) is 0 Å². The fraction of sp³-hybridized carbons (Fsp3) is 1.00. The Morgan fingerprint density at radius 1 is 1.40 bits per heavy atom. The zero-order valence-corrected chi connectivity index (χ0v) is 10.7. The van der Waals surface area contributed by atoms with Crippen molar-refractivity contribution in [2.24, 2.45) is 0 Å². The van der Waals surface area contributed by atoms with Crippen LogP contribution >= 0.6 is 0 Å². The van der Waals surface area contributed by atoms with E-state index in [0.29, 0.717) is 12.6 Å². The second-order valence-corrected chi connectivity index (χ2v) is 7.19. The summed E-state index contributed by atoms with van der Waals surface area (Å²) < 4.78 is 17.4. The summed E-state index contributed by atoms with van der Waals surface area (Å²) in [5.74, 6) is 0.807. The number of hydrogen-bond acceptors (Lipinski definition) is 3. The molecule has 2 saturated heterocycles. The summed E-state index contributed by atoms with van der Waals surface area (Å²) in [5.41, 5.74) is 0.185. The zero-order valence-electron chi connectivity index (χ0n) is 9.86. The first-order valence-corrected chi connectivity index (χ1v) is 7.10. The van der Waals surface area contributed by atoms with Gasteiger partial charge >= 0.3 is 0 Å². The van der Waals surface area contributed by atoms with Gasteiger partial charge in [-0.25, -0.2) is 0 Å². The molecule has 0 aromatic carbocycles. The predicted octanol–water partition coefficient (Wildman–Crippen LogP) is 1.01. The van der Waals surface area contributed by atoms with Gasteiger partial charge in [-0.05, 0) is 27.2 Å². The monoisotopic (exact) mass is 231 g/mol. The molecule has 0 saturated carbocycles. The van der Waals surface area contributed by atoms with Gasteiger partial charge in [-0.2, -0.15) is 0 Å². The molecule has 3 nitrogen and oxygen atoms in total. The van der Waals surface area contributed by atoms with Crippen molar-refractivity contribution in [1.29, 1.82) is 0 Å². The van der Waals surface area contributed by atoms with Crippen LogP contribution < -0.4 is 0 Å². The molecule has 0 N–H and O–H groups in total. The van der Waals surface area contributed by atoms with Crippen molar-refractivity contribution in [3.8, 4) is 0 Å². The van der Waals surface area contributed by atoms with E-state index in [9.17, 15) is 4.21 Å². The summed E-state index contributed by atoms with van der Waals surface area (Å²) >= 11 is 0. The van der Waals surface area contributed by atoms with Gasteiger partial charge in [0.25, 0.3) is 0 Å². The normalized spacial score (nSPS) is 38.7. The average molecular weight is 231 g/mol. The van der Waals surface area contributed by atoms with Crippen LogP contribution in [0.1, 0.15) is 27.2 Å². The first-order valence-electron chi connectivity index (χ1n) is 5.72. The summed E-state index contributed by atoms with van der Waals surface area (Å²) in [7, 11) is -0.679. The van der Waals surface area contributed by atoms with Crippen LogP contribution in [-0.2, 0) is 15.5 Å². The van der Waals surface area contributed by atoms with Crippen molar-refractivity contribution in [3.05, 3.63) is 0 Å². The van der Waals surface area contributed by atoms with Crippen molar-refractivity contribution < 1.29 is 8.95 Å². The summed E-state index contributed by atoms with van der Waals surface area (Å²) in [6.45, 7) is 9.21. The lowest BCUT2D eigenvalue weighted by Crippen LogP contribution is -2.61. The van der Waals surface area contributed by atoms with E-state index in [1.54, 1.807) is 0 Å². The minimum absolute atomic E-state index is 0.185. The average Bonchev–Trinajstić information content (AvgIpc) is 2.17. The Labute approximate surface area is 94.6 Å². The number of rotatable bonds is 0. The van der Waals surface area contributed by atoms with Crippen molar-refractivity contribution in [2.45, 2.75) is 44.0 Å². The molecular weight excluding hydrogens is 210 g/mol. The summed E-state index contributed by atoms with van der Waals surface area (Å²) in [4.78, 5) is 2.52. The summed E-state index contributed by atoms with van der Waals surface area (Å²) in [6.07, 6.45) is 1.04. The van der Waals surface area contributed by atoms with E-state index in [2.05, 4.69) is 25.7 Å². The summed E-state index contributed by atoms with van der Waals surface area (Å²) in [6, 6.07) is 0.466. The topological polar surface area (TPSA) is 29.5 Å². The predicted molar refractivity (Wildman–Crippen MR) is 62.5 cm³/mol. The van der Waals surface area contributed by atoms with Gasteiger partial charge < -0.3 is 4.74 Å². The molecule has 0 amide bonds. The Hall–Kier alpha value is 0.0700. The van der Waals surface area contributed by atoms with E-state index in [1.807, 2.05) is 0 Å². The van der Waals surface area contributed by atoms with Crippen LogP contribution in [0.4, 0.5) is 0 Å². The SMILES string of the molecule is CC(C)(C)N1CCS(=O)C2COCCC21. The Kier molecular flexibility index (Phi) is 3.20. The van der Waals surface area contributed by atoms with Gasteiger partial charge in [-0.1, -0.05) is 0 Å². The maximum absolute atomic E-state index is 11.9. The lowest BCUT2D eigenvalue weighted by atomic mass is 9.98. The van der Waals surface area contributed by atoms with Crippen LogP contribution in [0.15, 0.2) is 0 Å². The molecule has 2 aliphatic rings. The van der Waals surface area contributed by atoms with Gasteiger partial charge in [0.15, 0.2) is 0 Å². The highest BCUT2D eigenvalue weighted by molar-refractivity contribution is 7.85. The lowest BCUT2D eigenvalue weighted by Gasteiger charge is -2.49. The Bertz CT molecular complexity index is 262. The lowest BCUT2D eigenvalue weighted by molar-refractivity contribution is -0.0000634. The van der Waals surface area contributed by atoms with Crippen LogP contribution in [0.2, 0.25) is 0 Å². The molecule has 0 radical (unpaired) electrons. The van der Waals surface area contributed by atoms with Crippen LogP contribution in [0.25, 0.3) is 0 Å². The third-order valence-corrected chi connectivity index (χ3v) is 5.11. The fourth-order valence-corrected chi connectivity index (χ4v) is 4.21. The molecule has 2 aliphatic heterocycles. The largest absolute Gasteiger partial charge is 0.380 e. The van der Waals surface area contributed by atoms with E-state index in [4.69, 9.17) is 4.74 Å². The van der Waals surface area contributed by atoms with Gasteiger partial charge in [0.1, 0.15) is 0 Å². The number of fused-ring (bicyclic) bond motifs is 1.